The molecule has 3 rings (SSSR count). The van der Waals surface area contributed by atoms with Crippen molar-refractivity contribution in [3.8, 4) is 11.5 Å². The lowest BCUT2D eigenvalue weighted by molar-refractivity contribution is 0.102. The van der Waals surface area contributed by atoms with E-state index in [0.29, 0.717) is 16.4 Å². The number of fused-ring (bicyclic) bond motifs is 1. The summed E-state index contributed by atoms with van der Waals surface area (Å²) in [5.74, 6) is -0.0258. The van der Waals surface area contributed by atoms with Crippen molar-refractivity contribution >= 4 is 22.4 Å². The molecule has 2 heterocycles. The highest BCUT2D eigenvalue weighted by Gasteiger charge is 2.17. The first kappa shape index (κ1) is 13.8. The highest BCUT2D eigenvalue weighted by molar-refractivity contribution is 7.15. The van der Waals surface area contributed by atoms with E-state index in [2.05, 4.69) is 15.6 Å². The molecule has 7 heteroatoms. The van der Waals surface area contributed by atoms with E-state index in [1.165, 1.54) is 24.5 Å². The number of aromatic nitrogens is 1. The molecule has 6 nitrogen and oxygen atoms in total. The highest BCUT2D eigenvalue weighted by Crippen LogP contribution is 2.28. The molecule has 1 aliphatic rings. The van der Waals surface area contributed by atoms with Crippen LogP contribution in [0.25, 0.3) is 0 Å². The van der Waals surface area contributed by atoms with Gasteiger partial charge in [0, 0.05) is 30.0 Å². The van der Waals surface area contributed by atoms with Crippen molar-refractivity contribution in [3.63, 3.8) is 0 Å². The molecule has 2 aromatic rings. The lowest BCUT2D eigenvalue weighted by Gasteiger charge is -2.09. The van der Waals surface area contributed by atoms with E-state index < -0.39 is 0 Å². The molecular weight excluding hydrogens is 290 g/mol. The topological polar surface area (TPSA) is 83.5 Å². The smallest absolute Gasteiger partial charge is 0.257 e. The summed E-state index contributed by atoms with van der Waals surface area (Å²) in [4.78, 5) is 17.8. The summed E-state index contributed by atoms with van der Waals surface area (Å²) in [6, 6.07) is 4.53. The first-order valence-corrected chi connectivity index (χ1v) is 7.36. The Morgan fingerprint density at radius 2 is 2.38 bits per heavy atom. The van der Waals surface area contributed by atoms with E-state index in [-0.39, 0.29) is 11.7 Å². The predicted molar refractivity (Wildman–Crippen MR) is 80.1 cm³/mol. The fraction of sp³-hybridized carbons (Fsp3) is 0.286. The quantitative estimate of drug-likeness (QED) is 0.805. The van der Waals surface area contributed by atoms with Gasteiger partial charge >= 0.3 is 0 Å². The first-order valence-electron chi connectivity index (χ1n) is 6.55. The third-order valence-corrected chi connectivity index (χ3v) is 4.28. The third kappa shape index (κ3) is 2.84. The number of thiazole rings is 1. The molecule has 1 aromatic heterocycles. The van der Waals surface area contributed by atoms with E-state index >= 15 is 0 Å². The SMILES string of the molecule is COc1ccc(C(=O)Nc2nc3c(s2)CNCC3)cc1O. The van der Waals surface area contributed by atoms with Crippen LogP contribution in [-0.2, 0) is 13.0 Å². The number of anilines is 1. The summed E-state index contributed by atoms with van der Waals surface area (Å²) in [5.41, 5.74) is 1.41. The zero-order chi connectivity index (χ0) is 14.8. The first-order chi connectivity index (χ1) is 10.2. The number of carbonyl (C=O) groups excluding carboxylic acids is 1. The summed E-state index contributed by atoms with van der Waals surface area (Å²) < 4.78 is 4.95. The average Bonchev–Trinajstić information content (AvgIpc) is 2.89. The Morgan fingerprint density at radius 3 is 3.10 bits per heavy atom. The van der Waals surface area contributed by atoms with E-state index in [9.17, 15) is 9.90 Å². The van der Waals surface area contributed by atoms with Gasteiger partial charge < -0.3 is 15.2 Å². The van der Waals surface area contributed by atoms with Crippen LogP contribution in [-0.4, -0.2) is 29.7 Å². The van der Waals surface area contributed by atoms with Crippen LogP contribution in [0.5, 0.6) is 11.5 Å². The maximum atomic E-state index is 12.2. The minimum Gasteiger partial charge on any atom is -0.504 e. The fourth-order valence-electron chi connectivity index (χ4n) is 2.18. The summed E-state index contributed by atoms with van der Waals surface area (Å²) in [7, 11) is 1.46. The van der Waals surface area contributed by atoms with Crippen LogP contribution in [0.3, 0.4) is 0 Å². The van der Waals surface area contributed by atoms with Crippen LogP contribution >= 0.6 is 11.3 Å². The Balaban J connectivity index is 1.76. The van der Waals surface area contributed by atoms with Crippen molar-refractivity contribution in [3.05, 3.63) is 34.3 Å². The zero-order valence-corrected chi connectivity index (χ0v) is 12.3. The van der Waals surface area contributed by atoms with Gasteiger partial charge in [0.2, 0.25) is 0 Å². The monoisotopic (exact) mass is 305 g/mol. The second-order valence-electron chi connectivity index (χ2n) is 4.66. The normalized spacial score (nSPS) is 13.6. The summed E-state index contributed by atoms with van der Waals surface area (Å²) in [6.07, 6.45) is 0.880. The van der Waals surface area contributed by atoms with E-state index in [1.54, 1.807) is 12.1 Å². The van der Waals surface area contributed by atoms with Crippen LogP contribution in [0.4, 0.5) is 5.13 Å². The zero-order valence-electron chi connectivity index (χ0n) is 11.5. The van der Waals surface area contributed by atoms with Crippen molar-refractivity contribution in [2.45, 2.75) is 13.0 Å². The number of carbonyl (C=O) groups is 1. The Bertz CT molecular complexity index is 661. The third-order valence-electron chi connectivity index (χ3n) is 3.26. The van der Waals surface area contributed by atoms with Crippen LogP contribution < -0.4 is 15.4 Å². The lowest BCUT2D eigenvalue weighted by atomic mass is 10.2. The number of benzene rings is 1. The second kappa shape index (κ2) is 5.71. The van der Waals surface area contributed by atoms with Gasteiger partial charge in [-0.15, -0.1) is 11.3 Å². The standard InChI is InChI=1S/C14H15N3O3S/c1-20-11-3-2-8(6-10(11)18)13(19)17-14-16-9-4-5-15-7-12(9)21-14/h2-3,6,15,18H,4-5,7H2,1H3,(H,16,17,19). The molecule has 21 heavy (non-hydrogen) atoms. The number of nitrogens with zero attached hydrogens (tertiary/aromatic N) is 1. The number of methoxy groups -OCH3 is 1. The molecule has 0 saturated heterocycles. The average molecular weight is 305 g/mol. The molecule has 3 N–H and O–H groups in total. The molecule has 110 valence electrons. The van der Waals surface area contributed by atoms with E-state index in [0.717, 1.165) is 30.1 Å². The van der Waals surface area contributed by atoms with Crippen molar-refractivity contribution < 1.29 is 14.6 Å². The lowest BCUT2D eigenvalue weighted by Crippen LogP contribution is -2.22. The maximum Gasteiger partial charge on any atom is 0.257 e. The van der Waals surface area contributed by atoms with Crippen molar-refractivity contribution in [2.75, 3.05) is 19.0 Å². The van der Waals surface area contributed by atoms with Gasteiger partial charge in [0.05, 0.1) is 12.8 Å². The number of hydrogen-bond donors (Lipinski definition) is 3. The molecule has 0 bridgehead atoms. The molecule has 0 atom stereocenters. The Hall–Kier alpha value is -2.12. The summed E-state index contributed by atoms with van der Waals surface area (Å²) in [5, 5.41) is 16.3. The number of amides is 1. The molecular formula is C14H15N3O3S. The highest BCUT2D eigenvalue weighted by atomic mass is 32.1. The van der Waals surface area contributed by atoms with Gasteiger partial charge in [-0.3, -0.25) is 10.1 Å². The van der Waals surface area contributed by atoms with Crippen molar-refractivity contribution in [1.29, 1.82) is 0 Å². The molecule has 0 fully saturated rings. The second-order valence-corrected chi connectivity index (χ2v) is 5.74. The van der Waals surface area contributed by atoms with Gasteiger partial charge in [0.15, 0.2) is 16.6 Å². The molecule has 1 aliphatic heterocycles. The predicted octanol–water partition coefficient (Wildman–Crippen LogP) is 1.76. The van der Waals surface area contributed by atoms with Crippen LogP contribution in [0.1, 0.15) is 20.9 Å². The van der Waals surface area contributed by atoms with Gasteiger partial charge in [-0.2, -0.15) is 0 Å². The van der Waals surface area contributed by atoms with Crippen molar-refractivity contribution in [1.82, 2.24) is 10.3 Å². The van der Waals surface area contributed by atoms with Crippen LogP contribution in [0, 0.1) is 0 Å². The molecule has 1 amide bonds. The molecule has 1 aromatic carbocycles. The van der Waals surface area contributed by atoms with Crippen LogP contribution in [0.2, 0.25) is 0 Å². The Morgan fingerprint density at radius 1 is 1.52 bits per heavy atom. The van der Waals surface area contributed by atoms with Crippen LogP contribution in [0.15, 0.2) is 18.2 Å². The number of hydrogen-bond acceptors (Lipinski definition) is 6. The van der Waals surface area contributed by atoms with Gasteiger partial charge in [0.1, 0.15) is 0 Å². The minimum atomic E-state index is -0.299. The van der Waals surface area contributed by atoms with Gasteiger partial charge in [-0.1, -0.05) is 0 Å². The number of rotatable bonds is 3. The fourth-order valence-corrected chi connectivity index (χ4v) is 3.15. The Labute approximate surface area is 125 Å². The number of aromatic hydroxyl groups is 1. The van der Waals surface area contributed by atoms with Gasteiger partial charge in [0.25, 0.3) is 5.91 Å². The number of phenols is 1. The number of ether oxygens (including phenoxy) is 1. The molecule has 0 radical (unpaired) electrons. The molecule has 0 unspecified atom stereocenters. The number of phenolic OH excluding ortho intramolecular Hbond substituents is 1. The maximum absolute atomic E-state index is 12.2. The van der Waals surface area contributed by atoms with Gasteiger partial charge in [-0.25, -0.2) is 4.98 Å². The molecule has 0 aliphatic carbocycles. The Kier molecular flexibility index (Phi) is 3.76. The van der Waals surface area contributed by atoms with E-state index in [4.69, 9.17) is 4.74 Å². The largest absolute Gasteiger partial charge is 0.504 e. The summed E-state index contributed by atoms with van der Waals surface area (Å²) >= 11 is 1.48. The minimum absolute atomic E-state index is 0.0622. The molecule has 0 spiro atoms. The molecule has 0 saturated carbocycles. The summed E-state index contributed by atoms with van der Waals surface area (Å²) in [6.45, 7) is 1.71. The van der Waals surface area contributed by atoms with Crippen molar-refractivity contribution in [2.24, 2.45) is 0 Å². The van der Waals surface area contributed by atoms with Gasteiger partial charge in [-0.05, 0) is 18.2 Å². The number of nitrogens with one attached hydrogen (secondary N) is 2. The van der Waals surface area contributed by atoms with E-state index in [1.807, 2.05) is 0 Å².